The van der Waals surface area contributed by atoms with E-state index < -0.39 is 24.7 Å². The van der Waals surface area contributed by atoms with Crippen molar-refractivity contribution >= 4 is 17.5 Å². The first kappa shape index (κ1) is 16.1. The smallest absolute Gasteiger partial charge is 0.327 e. The van der Waals surface area contributed by atoms with Crippen LogP contribution in [0.15, 0.2) is 24.3 Å². The number of nitrogens with zero attached hydrogens (tertiary/aromatic N) is 1. The SMILES string of the molecule is CC(C1CC1)N(CC(F)(F)F)C(=O)c1cccc(CCl)c1. The maximum absolute atomic E-state index is 12.8. The van der Waals surface area contributed by atoms with Crippen molar-refractivity contribution in [2.24, 2.45) is 5.92 Å². The first-order valence-electron chi connectivity index (χ1n) is 6.84. The first-order valence-corrected chi connectivity index (χ1v) is 7.38. The molecule has 0 heterocycles. The highest BCUT2D eigenvalue weighted by Gasteiger charge is 2.40. The lowest BCUT2D eigenvalue weighted by atomic mass is 10.1. The standard InChI is InChI=1S/C15H17ClF3NO/c1-10(12-5-6-12)20(9-15(17,18)19)14(21)13-4-2-3-11(7-13)8-16/h2-4,7,10,12H,5-6,8-9H2,1H3. The normalized spacial score (nSPS) is 16.6. The molecule has 1 aromatic carbocycles. The van der Waals surface area contributed by atoms with E-state index in [1.54, 1.807) is 25.1 Å². The summed E-state index contributed by atoms with van der Waals surface area (Å²) in [6, 6.07) is 6.05. The molecule has 0 bridgehead atoms. The molecule has 0 aromatic heterocycles. The highest BCUT2D eigenvalue weighted by Crippen LogP contribution is 2.36. The molecule has 2 rings (SSSR count). The second kappa shape index (κ2) is 6.26. The monoisotopic (exact) mass is 319 g/mol. The Balaban J connectivity index is 2.23. The van der Waals surface area contributed by atoms with Crippen molar-refractivity contribution in [1.29, 1.82) is 0 Å². The molecule has 116 valence electrons. The Morgan fingerprint density at radius 1 is 1.43 bits per heavy atom. The molecule has 0 aliphatic heterocycles. The molecule has 1 aliphatic rings. The van der Waals surface area contributed by atoms with Crippen LogP contribution in [0.3, 0.4) is 0 Å². The molecule has 0 radical (unpaired) electrons. The van der Waals surface area contributed by atoms with E-state index in [0.29, 0.717) is 5.56 Å². The molecule has 2 nitrogen and oxygen atoms in total. The van der Waals surface area contributed by atoms with Crippen LogP contribution in [-0.2, 0) is 5.88 Å². The number of carbonyl (C=O) groups excluding carboxylic acids is 1. The minimum atomic E-state index is -4.40. The van der Waals surface area contributed by atoms with Gasteiger partial charge >= 0.3 is 6.18 Å². The molecular weight excluding hydrogens is 303 g/mol. The van der Waals surface area contributed by atoms with E-state index in [1.807, 2.05) is 0 Å². The van der Waals surface area contributed by atoms with E-state index in [9.17, 15) is 18.0 Å². The molecule has 21 heavy (non-hydrogen) atoms. The van der Waals surface area contributed by atoms with Crippen molar-refractivity contribution in [2.45, 2.75) is 37.9 Å². The molecule has 1 atom stereocenters. The van der Waals surface area contributed by atoms with Crippen molar-refractivity contribution in [2.75, 3.05) is 6.54 Å². The van der Waals surface area contributed by atoms with Crippen molar-refractivity contribution in [1.82, 2.24) is 4.90 Å². The van der Waals surface area contributed by atoms with E-state index in [4.69, 9.17) is 11.6 Å². The number of alkyl halides is 4. The van der Waals surface area contributed by atoms with Crippen LogP contribution < -0.4 is 0 Å². The fourth-order valence-corrected chi connectivity index (χ4v) is 2.55. The zero-order valence-electron chi connectivity index (χ0n) is 11.7. The summed E-state index contributed by atoms with van der Waals surface area (Å²) in [4.78, 5) is 13.4. The van der Waals surface area contributed by atoms with Crippen molar-refractivity contribution in [3.63, 3.8) is 0 Å². The van der Waals surface area contributed by atoms with Gasteiger partial charge in [-0.1, -0.05) is 12.1 Å². The van der Waals surface area contributed by atoms with Crippen molar-refractivity contribution in [3.05, 3.63) is 35.4 Å². The van der Waals surface area contributed by atoms with E-state index in [2.05, 4.69) is 0 Å². The van der Waals surface area contributed by atoms with Gasteiger partial charge in [-0.15, -0.1) is 11.6 Å². The lowest BCUT2D eigenvalue weighted by Crippen LogP contribution is -2.45. The maximum Gasteiger partial charge on any atom is 0.406 e. The Morgan fingerprint density at radius 3 is 2.62 bits per heavy atom. The third-order valence-corrected chi connectivity index (χ3v) is 4.04. The quantitative estimate of drug-likeness (QED) is 0.744. The minimum absolute atomic E-state index is 0.174. The second-order valence-electron chi connectivity index (χ2n) is 5.46. The van der Waals surface area contributed by atoms with Crippen LogP contribution in [0.5, 0.6) is 0 Å². The first-order chi connectivity index (χ1) is 9.81. The summed E-state index contributed by atoms with van der Waals surface area (Å²) < 4.78 is 38.3. The Labute approximate surface area is 126 Å². The fraction of sp³-hybridized carbons (Fsp3) is 0.533. The molecule has 1 unspecified atom stereocenters. The zero-order chi connectivity index (χ0) is 15.6. The third kappa shape index (κ3) is 4.37. The summed E-state index contributed by atoms with van der Waals surface area (Å²) >= 11 is 5.71. The van der Waals surface area contributed by atoms with Crippen LogP contribution in [0.4, 0.5) is 13.2 Å². The fourth-order valence-electron chi connectivity index (χ4n) is 2.38. The Hall–Kier alpha value is -1.23. The third-order valence-electron chi connectivity index (χ3n) is 3.73. The maximum atomic E-state index is 12.8. The highest BCUT2D eigenvalue weighted by molar-refractivity contribution is 6.17. The molecule has 0 saturated heterocycles. The largest absolute Gasteiger partial charge is 0.406 e. The van der Waals surface area contributed by atoms with Crippen LogP contribution in [0.1, 0.15) is 35.7 Å². The van der Waals surface area contributed by atoms with Crippen LogP contribution >= 0.6 is 11.6 Å². The molecule has 6 heteroatoms. The number of amides is 1. The zero-order valence-corrected chi connectivity index (χ0v) is 12.4. The van der Waals surface area contributed by atoms with Crippen LogP contribution in [0.25, 0.3) is 0 Å². The van der Waals surface area contributed by atoms with Gasteiger partial charge in [0, 0.05) is 17.5 Å². The van der Waals surface area contributed by atoms with Gasteiger partial charge in [0.25, 0.3) is 5.91 Å². The number of halogens is 4. The molecule has 1 saturated carbocycles. The van der Waals surface area contributed by atoms with E-state index in [1.165, 1.54) is 6.07 Å². The number of hydrogen-bond donors (Lipinski definition) is 0. The average Bonchev–Trinajstić information content (AvgIpc) is 3.27. The summed E-state index contributed by atoms with van der Waals surface area (Å²) in [5.74, 6) is -0.190. The summed E-state index contributed by atoms with van der Waals surface area (Å²) in [6.45, 7) is 0.474. The Bertz CT molecular complexity index is 514. The predicted molar refractivity (Wildman–Crippen MR) is 75.3 cm³/mol. The van der Waals surface area contributed by atoms with Gasteiger partial charge in [-0.25, -0.2) is 0 Å². The number of carbonyl (C=O) groups is 1. The van der Waals surface area contributed by atoms with Gasteiger partial charge in [-0.3, -0.25) is 4.79 Å². The van der Waals surface area contributed by atoms with E-state index >= 15 is 0 Å². The molecule has 0 N–H and O–H groups in total. The molecule has 1 aliphatic carbocycles. The van der Waals surface area contributed by atoms with E-state index in [0.717, 1.165) is 17.7 Å². The topological polar surface area (TPSA) is 20.3 Å². The average molecular weight is 320 g/mol. The Morgan fingerprint density at radius 2 is 2.10 bits per heavy atom. The predicted octanol–water partition coefficient (Wildman–Crippen LogP) is 4.23. The summed E-state index contributed by atoms with van der Waals surface area (Å²) in [7, 11) is 0. The summed E-state index contributed by atoms with van der Waals surface area (Å²) in [5.41, 5.74) is 0.971. The lowest BCUT2D eigenvalue weighted by molar-refractivity contribution is -0.144. The van der Waals surface area contributed by atoms with Crippen LogP contribution in [-0.4, -0.2) is 29.6 Å². The Kier molecular flexibility index (Phi) is 4.81. The molecule has 1 fully saturated rings. The van der Waals surface area contributed by atoms with Gasteiger partial charge in [0.05, 0.1) is 0 Å². The second-order valence-corrected chi connectivity index (χ2v) is 5.73. The number of hydrogen-bond acceptors (Lipinski definition) is 1. The lowest BCUT2D eigenvalue weighted by Gasteiger charge is -2.30. The number of benzene rings is 1. The van der Waals surface area contributed by atoms with Gasteiger partial charge in [-0.2, -0.15) is 13.2 Å². The van der Waals surface area contributed by atoms with Crippen LogP contribution in [0.2, 0.25) is 0 Å². The van der Waals surface area contributed by atoms with Gasteiger partial charge in [0.15, 0.2) is 0 Å². The highest BCUT2D eigenvalue weighted by atomic mass is 35.5. The summed E-state index contributed by atoms with van der Waals surface area (Å²) in [6.07, 6.45) is -2.64. The van der Waals surface area contributed by atoms with E-state index in [-0.39, 0.29) is 17.4 Å². The molecular formula is C15H17ClF3NO. The van der Waals surface area contributed by atoms with Gasteiger partial charge in [-0.05, 0) is 43.4 Å². The van der Waals surface area contributed by atoms with Gasteiger partial charge in [0.2, 0.25) is 0 Å². The number of rotatable bonds is 5. The van der Waals surface area contributed by atoms with Crippen LogP contribution in [0, 0.1) is 5.92 Å². The summed E-state index contributed by atoms with van der Waals surface area (Å²) in [5, 5.41) is 0. The molecule has 1 aromatic rings. The van der Waals surface area contributed by atoms with Crippen molar-refractivity contribution in [3.8, 4) is 0 Å². The molecule has 1 amide bonds. The van der Waals surface area contributed by atoms with Gasteiger partial charge in [0.1, 0.15) is 6.54 Å². The van der Waals surface area contributed by atoms with Gasteiger partial charge < -0.3 is 4.90 Å². The molecule has 0 spiro atoms. The van der Waals surface area contributed by atoms with Crippen molar-refractivity contribution < 1.29 is 18.0 Å². The minimum Gasteiger partial charge on any atom is -0.327 e.